The van der Waals surface area contributed by atoms with Crippen molar-refractivity contribution in [3.8, 4) is 5.75 Å². The third-order valence-corrected chi connectivity index (χ3v) is 3.98. The van der Waals surface area contributed by atoms with Gasteiger partial charge in [0.2, 0.25) is 15.9 Å². The Bertz CT molecular complexity index is 538. The highest BCUT2D eigenvalue weighted by atomic mass is 32.2. The van der Waals surface area contributed by atoms with Gasteiger partial charge in [-0.05, 0) is 30.2 Å². The van der Waals surface area contributed by atoms with Gasteiger partial charge in [-0.1, -0.05) is 13.8 Å². The Hall–Kier alpha value is -1.60. The molecule has 112 valence electrons. The number of aromatic hydroxyl groups is 1. The van der Waals surface area contributed by atoms with Crippen LogP contribution in [0.5, 0.6) is 5.75 Å². The number of hydrogen-bond acceptors (Lipinski definition) is 4. The van der Waals surface area contributed by atoms with Crippen LogP contribution >= 0.6 is 0 Å². The van der Waals surface area contributed by atoms with Crippen LogP contribution in [-0.2, 0) is 14.8 Å². The van der Waals surface area contributed by atoms with Crippen molar-refractivity contribution >= 4 is 15.9 Å². The van der Waals surface area contributed by atoms with Crippen LogP contribution in [0.1, 0.15) is 20.3 Å². The SMILES string of the molecule is CC(C)CNC(=O)CCNS(=O)(=O)c1ccc(O)cc1. The smallest absolute Gasteiger partial charge is 0.240 e. The van der Waals surface area contributed by atoms with E-state index in [4.69, 9.17) is 5.11 Å². The predicted molar refractivity (Wildman–Crippen MR) is 75.8 cm³/mol. The van der Waals surface area contributed by atoms with E-state index in [2.05, 4.69) is 10.0 Å². The van der Waals surface area contributed by atoms with Gasteiger partial charge in [-0.15, -0.1) is 0 Å². The lowest BCUT2D eigenvalue weighted by Crippen LogP contribution is -2.32. The summed E-state index contributed by atoms with van der Waals surface area (Å²) in [6.07, 6.45) is 0.0873. The highest BCUT2D eigenvalue weighted by Crippen LogP contribution is 2.13. The van der Waals surface area contributed by atoms with Gasteiger partial charge in [0.1, 0.15) is 5.75 Å². The molecule has 1 aromatic rings. The first kappa shape index (κ1) is 16.5. The number of sulfonamides is 1. The van der Waals surface area contributed by atoms with Crippen LogP contribution in [0.15, 0.2) is 29.2 Å². The van der Waals surface area contributed by atoms with Crippen LogP contribution in [0.2, 0.25) is 0 Å². The first-order valence-electron chi connectivity index (χ1n) is 6.36. The molecular weight excluding hydrogens is 280 g/mol. The number of hydrogen-bond donors (Lipinski definition) is 3. The zero-order chi connectivity index (χ0) is 15.2. The van der Waals surface area contributed by atoms with Crippen LogP contribution in [0.4, 0.5) is 0 Å². The first-order chi connectivity index (χ1) is 9.31. The van der Waals surface area contributed by atoms with Crippen molar-refractivity contribution in [2.45, 2.75) is 25.2 Å². The van der Waals surface area contributed by atoms with Gasteiger partial charge in [0.05, 0.1) is 4.90 Å². The summed E-state index contributed by atoms with van der Waals surface area (Å²) in [5.41, 5.74) is 0. The highest BCUT2D eigenvalue weighted by Gasteiger charge is 2.13. The quantitative estimate of drug-likeness (QED) is 0.695. The van der Waals surface area contributed by atoms with Crippen molar-refractivity contribution in [1.29, 1.82) is 0 Å². The summed E-state index contributed by atoms with van der Waals surface area (Å²) >= 11 is 0. The normalized spacial score (nSPS) is 11.6. The fraction of sp³-hybridized carbons (Fsp3) is 0.462. The monoisotopic (exact) mass is 300 g/mol. The lowest BCUT2D eigenvalue weighted by molar-refractivity contribution is -0.121. The molecule has 1 amide bonds. The van der Waals surface area contributed by atoms with Gasteiger partial charge in [0.15, 0.2) is 0 Å². The minimum absolute atomic E-state index is 0.00277. The van der Waals surface area contributed by atoms with Crippen LogP contribution in [0, 0.1) is 5.92 Å². The number of rotatable bonds is 7. The van der Waals surface area contributed by atoms with Crippen molar-refractivity contribution in [2.24, 2.45) is 5.92 Å². The van der Waals surface area contributed by atoms with Gasteiger partial charge in [-0.25, -0.2) is 13.1 Å². The fourth-order valence-electron chi connectivity index (χ4n) is 1.41. The maximum Gasteiger partial charge on any atom is 0.240 e. The lowest BCUT2D eigenvalue weighted by Gasteiger charge is -2.09. The minimum Gasteiger partial charge on any atom is -0.508 e. The van der Waals surface area contributed by atoms with E-state index >= 15 is 0 Å². The second-order valence-electron chi connectivity index (χ2n) is 4.84. The Morgan fingerprint density at radius 3 is 2.40 bits per heavy atom. The van der Waals surface area contributed by atoms with Gasteiger partial charge in [0.25, 0.3) is 0 Å². The van der Waals surface area contributed by atoms with E-state index in [1.165, 1.54) is 24.3 Å². The number of benzene rings is 1. The van der Waals surface area contributed by atoms with Gasteiger partial charge in [-0.3, -0.25) is 4.79 Å². The number of phenols is 1. The molecular formula is C13H20N2O4S. The van der Waals surface area contributed by atoms with Gasteiger partial charge >= 0.3 is 0 Å². The highest BCUT2D eigenvalue weighted by molar-refractivity contribution is 7.89. The Balaban J connectivity index is 2.44. The number of carbonyl (C=O) groups is 1. The van der Waals surface area contributed by atoms with E-state index in [-0.39, 0.29) is 29.5 Å². The standard InChI is InChI=1S/C13H20N2O4S/c1-10(2)9-14-13(17)7-8-15-20(18,19)12-5-3-11(16)4-6-12/h3-6,10,15-16H,7-9H2,1-2H3,(H,14,17). The summed E-state index contributed by atoms with van der Waals surface area (Å²) < 4.78 is 26.1. The van der Waals surface area contributed by atoms with E-state index in [0.29, 0.717) is 12.5 Å². The Labute approximate surface area is 119 Å². The largest absolute Gasteiger partial charge is 0.508 e. The maximum absolute atomic E-state index is 11.9. The second-order valence-corrected chi connectivity index (χ2v) is 6.61. The summed E-state index contributed by atoms with van der Waals surface area (Å²) in [7, 11) is -3.65. The molecule has 0 aromatic heterocycles. The molecule has 0 fully saturated rings. The summed E-state index contributed by atoms with van der Waals surface area (Å²) in [6.45, 7) is 4.57. The van der Waals surface area contributed by atoms with Crippen molar-refractivity contribution in [3.63, 3.8) is 0 Å². The molecule has 0 saturated carbocycles. The molecule has 0 bridgehead atoms. The summed E-state index contributed by atoms with van der Waals surface area (Å²) in [4.78, 5) is 11.5. The third kappa shape index (κ3) is 5.58. The molecule has 0 aliphatic carbocycles. The first-order valence-corrected chi connectivity index (χ1v) is 7.85. The molecule has 0 saturated heterocycles. The minimum atomic E-state index is -3.65. The third-order valence-electron chi connectivity index (χ3n) is 2.50. The zero-order valence-corrected chi connectivity index (χ0v) is 12.4. The van der Waals surface area contributed by atoms with Gasteiger partial charge in [-0.2, -0.15) is 0 Å². The number of phenolic OH excluding ortho intramolecular Hbond substituents is 1. The summed E-state index contributed by atoms with van der Waals surface area (Å²) in [6, 6.07) is 5.20. The maximum atomic E-state index is 11.9. The van der Waals surface area contributed by atoms with Crippen LogP contribution in [0.25, 0.3) is 0 Å². The summed E-state index contributed by atoms with van der Waals surface area (Å²) in [5.74, 6) is 0.164. The molecule has 0 radical (unpaired) electrons. The topological polar surface area (TPSA) is 95.5 Å². The molecule has 1 rings (SSSR count). The molecule has 0 aliphatic rings. The average molecular weight is 300 g/mol. The number of carbonyl (C=O) groups excluding carboxylic acids is 1. The molecule has 1 aromatic carbocycles. The molecule has 6 nitrogen and oxygen atoms in total. The van der Waals surface area contributed by atoms with E-state index in [1.54, 1.807) is 0 Å². The molecule has 7 heteroatoms. The van der Waals surface area contributed by atoms with Gasteiger partial charge < -0.3 is 10.4 Å². The van der Waals surface area contributed by atoms with Crippen LogP contribution in [-0.4, -0.2) is 32.5 Å². The molecule has 0 atom stereocenters. The van der Waals surface area contributed by atoms with Crippen LogP contribution in [0.3, 0.4) is 0 Å². The van der Waals surface area contributed by atoms with E-state index < -0.39 is 10.0 Å². The van der Waals surface area contributed by atoms with Gasteiger partial charge in [0, 0.05) is 19.5 Å². The number of nitrogens with one attached hydrogen (secondary N) is 2. The van der Waals surface area contributed by atoms with Crippen molar-refractivity contribution in [3.05, 3.63) is 24.3 Å². The van der Waals surface area contributed by atoms with Crippen molar-refractivity contribution in [2.75, 3.05) is 13.1 Å². The molecule has 3 N–H and O–H groups in total. The lowest BCUT2D eigenvalue weighted by atomic mass is 10.2. The molecule has 0 spiro atoms. The van der Waals surface area contributed by atoms with Crippen molar-refractivity contribution < 1.29 is 18.3 Å². The van der Waals surface area contributed by atoms with Crippen molar-refractivity contribution in [1.82, 2.24) is 10.0 Å². The zero-order valence-electron chi connectivity index (χ0n) is 11.6. The van der Waals surface area contributed by atoms with Crippen LogP contribution < -0.4 is 10.0 Å². The molecule has 0 aliphatic heterocycles. The summed E-state index contributed by atoms with van der Waals surface area (Å²) in [5, 5.41) is 11.8. The average Bonchev–Trinajstić information content (AvgIpc) is 2.36. The Morgan fingerprint density at radius 1 is 1.25 bits per heavy atom. The fourth-order valence-corrected chi connectivity index (χ4v) is 2.45. The van der Waals surface area contributed by atoms with E-state index in [0.717, 1.165) is 0 Å². The predicted octanol–water partition coefficient (Wildman–Crippen LogP) is 0.833. The van der Waals surface area contributed by atoms with E-state index in [1.807, 2.05) is 13.8 Å². The number of amides is 1. The van der Waals surface area contributed by atoms with E-state index in [9.17, 15) is 13.2 Å². The Kier molecular flexibility index (Phi) is 5.97. The molecule has 0 unspecified atom stereocenters. The Morgan fingerprint density at radius 2 is 1.85 bits per heavy atom. The molecule has 20 heavy (non-hydrogen) atoms. The second kappa shape index (κ2) is 7.25. The molecule has 0 heterocycles.